The molecule has 190 valence electrons. The van der Waals surface area contributed by atoms with Gasteiger partial charge in [-0.2, -0.15) is 0 Å². The first-order chi connectivity index (χ1) is 16.8. The summed E-state index contributed by atoms with van der Waals surface area (Å²) in [4.78, 5) is 53.4. The lowest BCUT2D eigenvalue weighted by Crippen LogP contribution is -2.49. The number of carbonyl (C=O) groups is 3. The molecular formula is C22H32N8O3S2. The number of nitrogens with zero attached hydrogens (tertiary/aromatic N) is 4. The van der Waals surface area contributed by atoms with Crippen molar-refractivity contribution >= 4 is 51.4 Å². The van der Waals surface area contributed by atoms with Gasteiger partial charge >= 0.3 is 0 Å². The van der Waals surface area contributed by atoms with Crippen molar-refractivity contribution < 1.29 is 14.4 Å². The first-order valence-corrected chi connectivity index (χ1v) is 13.3. The van der Waals surface area contributed by atoms with E-state index in [0.29, 0.717) is 36.1 Å². The zero-order valence-corrected chi connectivity index (χ0v) is 21.2. The van der Waals surface area contributed by atoms with Crippen molar-refractivity contribution in [1.82, 2.24) is 20.2 Å². The molecule has 2 atom stereocenters. The van der Waals surface area contributed by atoms with E-state index in [1.165, 1.54) is 22.7 Å². The summed E-state index contributed by atoms with van der Waals surface area (Å²) < 4.78 is 0. The Morgan fingerprint density at radius 2 is 2.11 bits per heavy atom. The van der Waals surface area contributed by atoms with Gasteiger partial charge in [0.2, 0.25) is 17.6 Å². The van der Waals surface area contributed by atoms with Crippen LogP contribution in [0.1, 0.15) is 53.2 Å². The van der Waals surface area contributed by atoms with E-state index >= 15 is 0 Å². The highest BCUT2D eigenvalue weighted by Gasteiger charge is 2.31. The van der Waals surface area contributed by atoms with Crippen LogP contribution < -0.4 is 22.5 Å². The van der Waals surface area contributed by atoms with Gasteiger partial charge < -0.3 is 27.4 Å². The van der Waals surface area contributed by atoms with Crippen molar-refractivity contribution in [3.8, 4) is 0 Å². The first kappa shape index (κ1) is 26.5. The Morgan fingerprint density at radius 3 is 2.80 bits per heavy atom. The number of anilines is 1. The van der Waals surface area contributed by atoms with Gasteiger partial charge in [0.05, 0.1) is 12.6 Å². The molecular weight excluding hydrogens is 488 g/mol. The van der Waals surface area contributed by atoms with Crippen molar-refractivity contribution in [2.24, 2.45) is 22.4 Å². The number of amides is 2. The van der Waals surface area contributed by atoms with Crippen LogP contribution in [-0.2, 0) is 16.0 Å². The molecule has 1 saturated heterocycles. The normalized spacial score (nSPS) is 16.6. The zero-order valence-electron chi connectivity index (χ0n) is 19.5. The molecule has 2 aromatic heterocycles. The van der Waals surface area contributed by atoms with Crippen LogP contribution >= 0.6 is 22.7 Å². The molecule has 1 unspecified atom stereocenters. The molecule has 2 aromatic rings. The maximum Gasteiger partial charge on any atom is 0.240 e. The maximum atomic E-state index is 13.0. The van der Waals surface area contributed by atoms with Gasteiger partial charge in [0.15, 0.2) is 16.1 Å². The Morgan fingerprint density at radius 1 is 1.29 bits per heavy atom. The maximum absolute atomic E-state index is 13.0. The number of carbonyl (C=O) groups excluding carboxylic acids is 3. The molecule has 7 N–H and O–H groups in total. The standard InChI is InChI=1S/C22H32N8O3S2/c23-21(24)27-8-2-7-16(18(32)19-26-9-11-34-19)29-17(31)13-30-10-3-5-14(20(30)33)4-1-6-15-12-28-22(25)35-15/h9,11-12,14,16H,1-8,10,13H2,(H2,25,28)(H,29,31)(H4,23,24,27)/t14?,16-/m0/s1. The van der Waals surface area contributed by atoms with Crippen LogP contribution in [0.2, 0.25) is 0 Å². The third-order valence-corrected chi connectivity index (χ3v) is 7.44. The molecule has 11 nitrogen and oxygen atoms in total. The van der Waals surface area contributed by atoms with Gasteiger partial charge in [0, 0.05) is 41.7 Å². The van der Waals surface area contributed by atoms with Gasteiger partial charge in [0.1, 0.15) is 0 Å². The monoisotopic (exact) mass is 520 g/mol. The molecule has 0 bridgehead atoms. The molecule has 0 aromatic carbocycles. The van der Waals surface area contributed by atoms with E-state index in [1.54, 1.807) is 22.7 Å². The molecule has 3 rings (SSSR count). The quantitative estimate of drug-likeness (QED) is 0.131. The topological polar surface area (TPSA) is 183 Å². The largest absolute Gasteiger partial charge is 0.375 e. The molecule has 2 amide bonds. The summed E-state index contributed by atoms with van der Waals surface area (Å²) in [7, 11) is 0. The molecule has 1 fully saturated rings. The second-order valence-corrected chi connectivity index (χ2v) is 10.5. The zero-order chi connectivity index (χ0) is 25.2. The molecule has 1 aliphatic rings. The summed E-state index contributed by atoms with van der Waals surface area (Å²) in [5.74, 6) is -0.758. The predicted molar refractivity (Wildman–Crippen MR) is 137 cm³/mol. The van der Waals surface area contributed by atoms with Crippen LogP contribution in [0.25, 0.3) is 0 Å². The highest BCUT2D eigenvalue weighted by molar-refractivity contribution is 7.15. The van der Waals surface area contributed by atoms with E-state index in [2.05, 4.69) is 20.3 Å². The van der Waals surface area contributed by atoms with Crippen molar-refractivity contribution in [3.63, 3.8) is 0 Å². The third-order valence-electron chi connectivity index (χ3n) is 5.76. The average molecular weight is 521 g/mol. The predicted octanol–water partition coefficient (Wildman–Crippen LogP) is 1.16. The molecule has 0 radical (unpaired) electrons. The van der Waals surface area contributed by atoms with Crippen LogP contribution in [0.15, 0.2) is 22.8 Å². The molecule has 0 spiro atoms. The summed E-state index contributed by atoms with van der Waals surface area (Å²) in [6.45, 7) is 0.806. The number of nitrogens with one attached hydrogen (secondary N) is 1. The Bertz CT molecular complexity index is 1020. The molecule has 1 aliphatic heterocycles. The third kappa shape index (κ3) is 8.28. The number of aromatic nitrogens is 2. The van der Waals surface area contributed by atoms with E-state index in [9.17, 15) is 14.4 Å². The smallest absolute Gasteiger partial charge is 0.240 e. The SMILES string of the molecule is NC(N)=NCCC[C@H](NC(=O)CN1CCCC(CCCc2cnc(N)s2)C1=O)C(=O)c1nccs1. The minimum Gasteiger partial charge on any atom is -0.375 e. The summed E-state index contributed by atoms with van der Waals surface area (Å²) in [6, 6.07) is -0.759. The Balaban J connectivity index is 1.52. The second-order valence-electron chi connectivity index (χ2n) is 8.43. The number of Topliss-reactive ketones (excluding diaryl/α,β-unsaturated/α-hetero) is 1. The number of ketones is 1. The Labute approximate surface area is 212 Å². The lowest BCUT2D eigenvalue weighted by atomic mass is 9.91. The fraction of sp³-hybridized carbons (Fsp3) is 0.545. The second kappa shape index (κ2) is 13.1. The number of hydrogen-bond acceptors (Lipinski definition) is 9. The fourth-order valence-corrected chi connectivity index (χ4v) is 5.44. The van der Waals surface area contributed by atoms with E-state index in [4.69, 9.17) is 17.2 Å². The van der Waals surface area contributed by atoms with Gasteiger partial charge in [0.25, 0.3) is 0 Å². The van der Waals surface area contributed by atoms with Gasteiger partial charge in [-0.05, 0) is 44.9 Å². The van der Waals surface area contributed by atoms with Gasteiger partial charge in [-0.15, -0.1) is 22.7 Å². The number of aliphatic imine (C=N–C) groups is 1. The highest BCUT2D eigenvalue weighted by atomic mass is 32.1. The number of likely N-dealkylation sites (tertiary alicyclic amines) is 1. The minimum absolute atomic E-state index is 0.00854. The van der Waals surface area contributed by atoms with Gasteiger partial charge in [-0.1, -0.05) is 0 Å². The summed E-state index contributed by atoms with van der Waals surface area (Å²) in [6.07, 6.45) is 8.31. The number of nitrogen functional groups attached to an aromatic ring is 1. The minimum atomic E-state index is -0.759. The lowest BCUT2D eigenvalue weighted by molar-refractivity contribution is -0.142. The molecule has 0 saturated carbocycles. The Kier molecular flexibility index (Phi) is 9.97. The molecule has 35 heavy (non-hydrogen) atoms. The molecule has 3 heterocycles. The Hall–Kier alpha value is -3.06. The first-order valence-electron chi connectivity index (χ1n) is 11.6. The van der Waals surface area contributed by atoms with Crippen molar-refractivity contribution in [2.45, 2.75) is 51.0 Å². The van der Waals surface area contributed by atoms with E-state index in [1.807, 2.05) is 0 Å². The number of piperidine rings is 1. The van der Waals surface area contributed by atoms with Crippen LogP contribution in [0.3, 0.4) is 0 Å². The molecule has 13 heteroatoms. The van der Waals surface area contributed by atoms with Gasteiger partial charge in [-0.25, -0.2) is 9.97 Å². The van der Waals surface area contributed by atoms with Crippen molar-refractivity contribution in [2.75, 3.05) is 25.4 Å². The summed E-state index contributed by atoms with van der Waals surface area (Å²) in [5.41, 5.74) is 16.4. The lowest BCUT2D eigenvalue weighted by Gasteiger charge is -2.32. The average Bonchev–Trinajstić information content (AvgIpc) is 3.50. The number of rotatable bonds is 13. The van der Waals surface area contributed by atoms with Crippen LogP contribution in [0.5, 0.6) is 0 Å². The number of guanidine groups is 1. The van der Waals surface area contributed by atoms with E-state index < -0.39 is 6.04 Å². The van der Waals surface area contributed by atoms with E-state index in [0.717, 1.165) is 37.0 Å². The fourth-order valence-electron chi connectivity index (χ4n) is 4.09. The number of aryl methyl sites for hydroxylation is 1. The van der Waals surface area contributed by atoms with Gasteiger partial charge in [-0.3, -0.25) is 19.4 Å². The summed E-state index contributed by atoms with van der Waals surface area (Å²) in [5, 5.41) is 5.39. The van der Waals surface area contributed by atoms with Crippen molar-refractivity contribution in [3.05, 3.63) is 27.7 Å². The number of nitrogens with two attached hydrogens (primary N) is 3. The number of thiazole rings is 2. The molecule has 0 aliphatic carbocycles. The van der Waals surface area contributed by atoms with Crippen LogP contribution in [0.4, 0.5) is 5.13 Å². The summed E-state index contributed by atoms with van der Waals surface area (Å²) >= 11 is 2.69. The van der Waals surface area contributed by atoms with Crippen LogP contribution in [-0.4, -0.2) is 64.1 Å². The highest BCUT2D eigenvalue weighted by Crippen LogP contribution is 2.25. The van der Waals surface area contributed by atoms with Crippen molar-refractivity contribution in [1.29, 1.82) is 0 Å². The number of hydrogen-bond donors (Lipinski definition) is 4. The van der Waals surface area contributed by atoms with Crippen LogP contribution in [0, 0.1) is 5.92 Å². The van der Waals surface area contributed by atoms with E-state index in [-0.39, 0.29) is 36.0 Å².